The van der Waals surface area contributed by atoms with Gasteiger partial charge < -0.3 is 5.73 Å². The van der Waals surface area contributed by atoms with Gasteiger partial charge in [0.1, 0.15) is 5.82 Å². The fourth-order valence-electron chi connectivity index (χ4n) is 1.21. The van der Waals surface area contributed by atoms with Gasteiger partial charge in [0.15, 0.2) is 0 Å². The molecule has 2 aromatic heterocycles. The second-order valence-corrected chi connectivity index (χ2v) is 3.11. The Balaban J connectivity index is 2.26. The fourth-order valence-corrected chi connectivity index (χ4v) is 1.21. The molecule has 0 aliphatic carbocycles. The van der Waals surface area contributed by atoms with Crippen molar-refractivity contribution in [1.82, 2.24) is 14.8 Å². The van der Waals surface area contributed by atoms with Gasteiger partial charge in [0.05, 0.1) is 6.54 Å². The van der Waals surface area contributed by atoms with Gasteiger partial charge in [-0.3, -0.25) is 4.79 Å². The molecular formula is C10H10N4O. The Morgan fingerprint density at radius 3 is 2.87 bits per heavy atom. The summed E-state index contributed by atoms with van der Waals surface area (Å²) in [7, 11) is 0. The van der Waals surface area contributed by atoms with E-state index in [1.807, 2.05) is 6.07 Å². The molecule has 0 aromatic carbocycles. The molecule has 0 aliphatic rings. The summed E-state index contributed by atoms with van der Waals surface area (Å²) in [5.74, 6) is 0.465. The monoisotopic (exact) mass is 202 g/mol. The summed E-state index contributed by atoms with van der Waals surface area (Å²) in [6, 6.07) is 6.60. The molecule has 0 saturated carbocycles. The number of hydrogen-bond donors (Lipinski definition) is 1. The Bertz CT molecular complexity index is 503. The summed E-state index contributed by atoms with van der Waals surface area (Å²) < 4.78 is 1.37. The zero-order valence-electron chi connectivity index (χ0n) is 8.00. The Kier molecular flexibility index (Phi) is 2.45. The van der Waals surface area contributed by atoms with Crippen LogP contribution in [0, 0.1) is 0 Å². The van der Waals surface area contributed by atoms with E-state index in [0.717, 1.165) is 5.56 Å². The summed E-state index contributed by atoms with van der Waals surface area (Å²) in [4.78, 5) is 15.3. The van der Waals surface area contributed by atoms with Crippen molar-refractivity contribution in [3.05, 3.63) is 52.6 Å². The average Bonchev–Trinajstić information content (AvgIpc) is 2.25. The summed E-state index contributed by atoms with van der Waals surface area (Å²) in [5.41, 5.74) is 6.22. The van der Waals surface area contributed by atoms with Crippen LogP contribution in [0.1, 0.15) is 5.56 Å². The number of nitrogens with two attached hydrogens (primary N) is 1. The molecule has 0 amide bonds. The molecule has 0 atom stereocenters. The Morgan fingerprint density at radius 1 is 1.33 bits per heavy atom. The van der Waals surface area contributed by atoms with Gasteiger partial charge in [-0.2, -0.15) is 5.10 Å². The molecule has 0 saturated heterocycles. The number of nitrogens with zero attached hydrogens (tertiary/aromatic N) is 3. The molecule has 0 radical (unpaired) electrons. The summed E-state index contributed by atoms with van der Waals surface area (Å²) >= 11 is 0. The van der Waals surface area contributed by atoms with Crippen molar-refractivity contribution >= 4 is 5.82 Å². The standard InChI is InChI=1S/C10H10N4O/c11-9-4-3-8(6-12-9)7-14-10(15)2-1-5-13-14/h1-6H,7H2,(H2,11,12). The number of rotatable bonds is 2. The molecular weight excluding hydrogens is 192 g/mol. The molecule has 2 N–H and O–H groups in total. The van der Waals surface area contributed by atoms with Crippen molar-refractivity contribution in [2.24, 2.45) is 0 Å². The van der Waals surface area contributed by atoms with Crippen LogP contribution in [0.3, 0.4) is 0 Å². The minimum Gasteiger partial charge on any atom is -0.384 e. The van der Waals surface area contributed by atoms with Crippen molar-refractivity contribution < 1.29 is 0 Å². The number of hydrogen-bond acceptors (Lipinski definition) is 4. The Labute approximate surface area is 86.2 Å². The van der Waals surface area contributed by atoms with E-state index in [4.69, 9.17) is 5.73 Å². The first-order valence-electron chi connectivity index (χ1n) is 4.48. The number of aromatic nitrogens is 3. The number of anilines is 1. The lowest BCUT2D eigenvalue weighted by molar-refractivity contribution is 0.637. The largest absolute Gasteiger partial charge is 0.384 e. The highest BCUT2D eigenvalue weighted by atomic mass is 16.1. The van der Waals surface area contributed by atoms with E-state index < -0.39 is 0 Å². The Hall–Kier alpha value is -2.17. The van der Waals surface area contributed by atoms with Gasteiger partial charge in [-0.1, -0.05) is 6.07 Å². The maximum atomic E-state index is 11.3. The minimum atomic E-state index is -0.130. The van der Waals surface area contributed by atoms with Crippen LogP contribution in [0.4, 0.5) is 5.82 Å². The topological polar surface area (TPSA) is 73.8 Å². The van der Waals surface area contributed by atoms with Gasteiger partial charge >= 0.3 is 0 Å². The molecule has 0 bridgehead atoms. The van der Waals surface area contributed by atoms with E-state index in [1.165, 1.54) is 10.7 Å². The van der Waals surface area contributed by atoms with Crippen molar-refractivity contribution in [3.8, 4) is 0 Å². The molecule has 0 unspecified atom stereocenters. The van der Waals surface area contributed by atoms with Crippen molar-refractivity contribution in [1.29, 1.82) is 0 Å². The first-order valence-corrected chi connectivity index (χ1v) is 4.48. The molecule has 76 valence electrons. The normalized spacial score (nSPS) is 10.1. The van der Waals surface area contributed by atoms with Gasteiger partial charge in [0.25, 0.3) is 5.56 Å². The maximum absolute atomic E-state index is 11.3. The number of nitrogen functional groups attached to an aromatic ring is 1. The molecule has 0 spiro atoms. The van der Waals surface area contributed by atoms with Crippen LogP contribution in [0.25, 0.3) is 0 Å². The van der Waals surface area contributed by atoms with Crippen LogP contribution < -0.4 is 11.3 Å². The lowest BCUT2D eigenvalue weighted by atomic mass is 10.3. The van der Waals surface area contributed by atoms with E-state index >= 15 is 0 Å². The van der Waals surface area contributed by atoms with Crippen LogP contribution >= 0.6 is 0 Å². The van der Waals surface area contributed by atoms with E-state index in [0.29, 0.717) is 12.4 Å². The fraction of sp³-hybridized carbons (Fsp3) is 0.100. The highest BCUT2D eigenvalue weighted by Crippen LogP contribution is 2.01. The van der Waals surface area contributed by atoms with E-state index in [9.17, 15) is 4.79 Å². The van der Waals surface area contributed by atoms with Crippen LogP contribution in [0.2, 0.25) is 0 Å². The quantitative estimate of drug-likeness (QED) is 0.758. The van der Waals surface area contributed by atoms with Gasteiger partial charge in [-0.25, -0.2) is 9.67 Å². The SMILES string of the molecule is Nc1ccc(Cn2ncccc2=O)cn1. The third-order valence-electron chi connectivity index (χ3n) is 1.97. The third kappa shape index (κ3) is 2.19. The molecule has 15 heavy (non-hydrogen) atoms. The predicted octanol–water partition coefficient (Wildman–Crippen LogP) is 0.269. The summed E-state index contributed by atoms with van der Waals surface area (Å²) in [5, 5.41) is 3.94. The molecule has 0 aliphatic heterocycles. The van der Waals surface area contributed by atoms with E-state index in [-0.39, 0.29) is 5.56 Å². The molecule has 0 fully saturated rings. The molecule has 5 nitrogen and oxygen atoms in total. The first kappa shape index (κ1) is 9.39. The molecule has 2 aromatic rings. The van der Waals surface area contributed by atoms with E-state index in [1.54, 1.807) is 24.5 Å². The van der Waals surface area contributed by atoms with Gasteiger partial charge in [-0.15, -0.1) is 0 Å². The second kappa shape index (κ2) is 3.91. The summed E-state index contributed by atoms with van der Waals surface area (Å²) in [6.45, 7) is 0.410. The zero-order chi connectivity index (χ0) is 10.7. The van der Waals surface area contributed by atoms with Crippen LogP contribution in [-0.2, 0) is 6.54 Å². The first-order chi connectivity index (χ1) is 7.25. The maximum Gasteiger partial charge on any atom is 0.267 e. The predicted molar refractivity (Wildman–Crippen MR) is 56.2 cm³/mol. The smallest absolute Gasteiger partial charge is 0.267 e. The molecule has 2 rings (SSSR count). The molecule has 5 heteroatoms. The van der Waals surface area contributed by atoms with Gasteiger partial charge in [0, 0.05) is 18.5 Å². The van der Waals surface area contributed by atoms with Crippen molar-refractivity contribution in [2.75, 3.05) is 5.73 Å². The van der Waals surface area contributed by atoms with E-state index in [2.05, 4.69) is 10.1 Å². The van der Waals surface area contributed by atoms with Crippen LogP contribution in [0.5, 0.6) is 0 Å². The van der Waals surface area contributed by atoms with Crippen molar-refractivity contribution in [3.63, 3.8) is 0 Å². The minimum absolute atomic E-state index is 0.130. The second-order valence-electron chi connectivity index (χ2n) is 3.11. The van der Waals surface area contributed by atoms with Crippen molar-refractivity contribution in [2.45, 2.75) is 6.54 Å². The zero-order valence-corrected chi connectivity index (χ0v) is 8.00. The lowest BCUT2D eigenvalue weighted by Gasteiger charge is -2.03. The molecule has 2 heterocycles. The highest BCUT2D eigenvalue weighted by Gasteiger charge is 1.98. The Morgan fingerprint density at radius 2 is 2.20 bits per heavy atom. The highest BCUT2D eigenvalue weighted by molar-refractivity contribution is 5.29. The van der Waals surface area contributed by atoms with Crippen LogP contribution in [0.15, 0.2) is 41.5 Å². The number of pyridine rings is 1. The summed E-state index contributed by atoms with van der Waals surface area (Å²) in [6.07, 6.45) is 3.21. The third-order valence-corrected chi connectivity index (χ3v) is 1.97. The van der Waals surface area contributed by atoms with Crippen LogP contribution in [-0.4, -0.2) is 14.8 Å². The average molecular weight is 202 g/mol. The van der Waals surface area contributed by atoms with Gasteiger partial charge in [0.2, 0.25) is 0 Å². The van der Waals surface area contributed by atoms with Gasteiger partial charge in [-0.05, 0) is 17.7 Å². The lowest BCUT2D eigenvalue weighted by Crippen LogP contribution is -2.21.